The van der Waals surface area contributed by atoms with E-state index in [4.69, 9.17) is 4.74 Å². The van der Waals surface area contributed by atoms with Gasteiger partial charge in [0.25, 0.3) is 0 Å². The SMILES string of the molecule is COc1ccc(Nc2nnc(S[C@H](C)C(=O)N[C@@](C)(C#N)C(C)C)s2)cc1. The highest BCUT2D eigenvalue weighted by molar-refractivity contribution is 8.02. The molecule has 2 N–H and O–H groups in total. The van der Waals surface area contributed by atoms with Crippen molar-refractivity contribution < 1.29 is 9.53 Å². The maximum atomic E-state index is 12.4. The van der Waals surface area contributed by atoms with E-state index in [1.807, 2.05) is 38.1 Å². The summed E-state index contributed by atoms with van der Waals surface area (Å²) in [6.45, 7) is 7.33. The molecule has 0 aliphatic carbocycles. The van der Waals surface area contributed by atoms with Crippen molar-refractivity contribution in [1.29, 1.82) is 5.26 Å². The van der Waals surface area contributed by atoms with Crippen molar-refractivity contribution in [1.82, 2.24) is 15.5 Å². The molecule has 0 saturated heterocycles. The Morgan fingerprint density at radius 1 is 1.30 bits per heavy atom. The van der Waals surface area contributed by atoms with Gasteiger partial charge in [-0.25, -0.2) is 0 Å². The Bertz CT molecular complexity index is 816. The predicted octanol–water partition coefficient (Wildman–Crippen LogP) is 3.83. The van der Waals surface area contributed by atoms with Crippen molar-refractivity contribution in [3.05, 3.63) is 24.3 Å². The Balaban J connectivity index is 1.96. The number of amides is 1. The average molecular weight is 406 g/mol. The van der Waals surface area contributed by atoms with Crippen molar-refractivity contribution in [2.24, 2.45) is 5.92 Å². The third-order valence-electron chi connectivity index (χ3n) is 4.16. The summed E-state index contributed by atoms with van der Waals surface area (Å²) >= 11 is 2.68. The van der Waals surface area contributed by atoms with Gasteiger partial charge in [-0.15, -0.1) is 10.2 Å². The fraction of sp³-hybridized carbons (Fsp3) is 0.444. The highest BCUT2D eigenvalue weighted by atomic mass is 32.2. The second-order valence-corrected chi connectivity index (χ2v) is 9.01. The molecule has 1 aromatic heterocycles. The van der Waals surface area contributed by atoms with Gasteiger partial charge in [-0.2, -0.15) is 5.26 Å². The number of carbonyl (C=O) groups excluding carboxylic acids is 1. The number of anilines is 2. The van der Waals surface area contributed by atoms with Crippen LogP contribution in [0.4, 0.5) is 10.8 Å². The molecule has 2 atom stereocenters. The second-order valence-electron chi connectivity index (χ2n) is 6.44. The molecule has 1 aromatic carbocycles. The monoisotopic (exact) mass is 405 g/mol. The van der Waals surface area contributed by atoms with E-state index in [9.17, 15) is 10.1 Å². The van der Waals surface area contributed by atoms with Crippen LogP contribution < -0.4 is 15.4 Å². The quantitative estimate of drug-likeness (QED) is 0.644. The van der Waals surface area contributed by atoms with Gasteiger partial charge in [0.15, 0.2) is 4.34 Å². The molecule has 9 heteroatoms. The first kappa shape index (κ1) is 21.0. The number of nitriles is 1. The Morgan fingerprint density at radius 2 is 1.96 bits per heavy atom. The summed E-state index contributed by atoms with van der Waals surface area (Å²) in [7, 11) is 1.62. The molecule has 1 heterocycles. The number of nitrogens with one attached hydrogen (secondary N) is 2. The smallest absolute Gasteiger partial charge is 0.234 e. The number of benzene rings is 1. The van der Waals surface area contributed by atoms with E-state index >= 15 is 0 Å². The van der Waals surface area contributed by atoms with Gasteiger partial charge < -0.3 is 15.4 Å². The second kappa shape index (κ2) is 9.06. The summed E-state index contributed by atoms with van der Waals surface area (Å²) in [6.07, 6.45) is 0. The first-order valence-corrected chi connectivity index (χ1v) is 10.1. The molecule has 2 rings (SSSR count). The van der Waals surface area contributed by atoms with E-state index in [0.29, 0.717) is 9.47 Å². The number of thioether (sulfide) groups is 1. The van der Waals surface area contributed by atoms with Crippen LogP contribution in [0, 0.1) is 17.2 Å². The predicted molar refractivity (Wildman–Crippen MR) is 109 cm³/mol. The summed E-state index contributed by atoms with van der Waals surface area (Å²) in [4.78, 5) is 12.4. The Morgan fingerprint density at radius 3 is 2.52 bits per heavy atom. The fourth-order valence-corrected chi connectivity index (χ4v) is 3.89. The number of carbonyl (C=O) groups is 1. The van der Waals surface area contributed by atoms with Crippen molar-refractivity contribution in [2.45, 2.75) is 42.8 Å². The molecular weight excluding hydrogens is 382 g/mol. The minimum Gasteiger partial charge on any atom is -0.497 e. The Kier molecular flexibility index (Phi) is 7.05. The van der Waals surface area contributed by atoms with Crippen LogP contribution in [0.2, 0.25) is 0 Å². The van der Waals surface area contributed by atoms with Crippen molar-refractivity contribution >= 4 is 39.8 Å². The van der Waals surface area contributed by atoms with Crippen LogP contribution in [0.5, 0.6) is 5.75 Å². The lowest BCUT2D eigenvalue weighted by Crippen LogP contribution is -2.51. The lowest BCUT2D eigenvalue weighted by Gasteiger charge is -2.28. The van der Waals surface area contributed by atoms with Crippen LogP contribution >= 0.6 is 23.1 Å². The number of rotatable bonds is 8. The van der Waals surface area contributed by atoms with Crippen LogP contribution in [0.25, 0.3) is 0 Å². The topological polar surface area (TPSA) is 99.9 Å². The number of nitrogens with zero attached hydrogens (tertiary/aromatic N) is 3. The Labute approximate surface area is 167 Å². The van der Waals surface area contributed by atoms with Gasteiger partial charge in [-0.05, 0) is 44.0 Å². The summed E-state index contributed by atoms with van der Waals surface area (Å²) in [5.74, 6) is 0.586. The van der Waals surface area contributed by atoms with Crippen LogP contribution in [0.15, 0.2) is 28.6 Å². The van der Waals surface area contributed by atoms with Gasteiger partial charge in [0.2, 0.25) is 11.0 Å². The average Bonchev–Trinajstić information content (AvgIpc) is 3.08. The largest absolute Gasteiger partial charge is 0.497 e. The lowest BCUT2D eigenvalue weighted by atomic mass is 9.90. The lowest BCUT2D eigenvalue weighted by molar-refractivity contribution is -0.121. The number of methoxy groups -OCH3 is 1. The molecule has 7 nitrogen and oxygen atoms in total. The number of hydrogen-bond donors (Lipinski definition) is 2. The highest BCUT2D eigenvalue weighted by Crippen LogP contribution is 2.31. The van der Waals surface area contributed by atoms with Gasteiger partial charge in [0.05, 0.1) is 18.4 Å². The molecule has 0 bridgehead atoms. The molecule has 0 saturated carbocycles. The molecule has 0 fully saturated rings. The molecular formula is C18H23N5O2S2. The van der Waals surface area contributed by atoms with E-state index in [1.165, 1.54) is 23.1 Å². The Hall–Kier alpha value is -2.31. The minimum atomic E-state index is -0.895. The van der Waals surface area contributed by atoms with E-state index in [-0.39, 0.29) is 11.8 Å². The van der Waals surface area contributed by atoms with Crippen LogP contribution in [-0.2, 0) is 4.79 Å². The molecule has 2 aromatic rings. The van der Waals surface area contributed by atoms with E-state index < -0.39 is 10.8 Å². The molecule has 0 radical (unpaired) electrons. The maximum Gasteiger partial charge on any atom is 0.234 e. The van der Waals surface area contributed by atoms with Gasteiger partial charge in [0, 0.05) is 5.69 Å². The molecule has 144 valence electrons. The van der Waals surface area contributed by atoms with E-state index in [1.54, 1.807) is 21.0 Å². The fourth-order valence-electron chi connectivity index (χ4n) is 1.97. The van der Waals surface area contributed by atoms with E-state index in [2.05, 4.69) is 26.9 Å². The van der Waals surface area contributed by atoms with Gasteiger partial charge in [0.1, 0.15) is 11.3 Å². The molecule has 0 aliphatic rings. The van der Waals surface area contributed by atoms with Crippen LogP contribution in [0.3, 0.4) is 0 Å². The molecule has 0 aliphatic heterocycles. The summed E-state index contributed by atoms with van der Waals surface area (Å²) < 4.78 is 5.81. The first-order chi connectivity index (χ1) is 12.8. The third kappa shape index (κ3) is 5.58. The third-order valence-corrected chi connectivity index (χ3v) is 6.19. The van der Waals surface area contributed by atoms with Crippen molar-refractivity contribution in [3.8, 4) is 11.8 Å². The van der Waals surface area contributed by atoms with Crippen LogP contribution in [-0.4, -0.2) is 34.0 Å². The molecule has 0 spiro atoms. The standard InChI is InChI=1S/C18H23N5O2S2/c1-11(2)18(4,10-19)21-15(24)12(3)26-17-23-22-16(27-17)20-13-6-8-14(25-5)9-7-13/h6-9,11-12H,1-5H3,(H,20,22)(H,21,24)/t12-,18+/m1/s1. The highest BCUT2D eigenvalue weighted by Gasteiger charge is 2.32. The molecule has 27 heavy (non-hydrogen) atoms. The molecule has 1 amide bonds. The number of hydrogen-bond acceptors (Lipinski definition) is 8. The number of aromatic nitrogens is 2. The zero-order valence-corrected chi connectivity index (χ0v) is 17.6. The van der Waals surface area contributed by atoms with Crippen molar-refractivity contribution in [3.63, 3.8) is 0 Å². The maximum absolute atomic E-state index is 12.4. The summed E-state index contributed by atoms with van der Waals surface area (Å²) in [6, 6.07) is 9.66. The zero-order chi connectivity index (χ0) is 20.0. The summed E-state index contributed by atoms with van der Waals surface area (Å²) in [5.41, 5.74) is -0.0234. The van der Waals surface area contributed by atoms with Crippen LogP contribution in [0.1, 0.15) is 27.7 Å². The van der Waals surface area contributed by atoms with Gasteiger partial charge >= 0.3 is 0 Å². The zero-order valence-electron chi connectivity index (χ0n) is 15.9. The van der Waals surface area contributed by atoms with Crippen molar-refractivity contribution in [2.75, 3.05) is 12.4 Å². The normalized spacial score (nSPS) is 14.1. The first-order valence-electron chi connectivity index (χ1n) is 8.42. The van der Waals surface area contributed by atoms with Gasteiger partial charge in [-0.1, -0.05) is 36.9 Å². The van der Waals surface area contributed by atoms with Gasteiger partial charge in [-0.3, -0.25) is 4.79 Å². The summed E-state index contributed by atoms with van der Waals surface area (Å²) in [5, 5.41) is 23.8. The minimum absolute atomic E-state index is 0.00507. The van der Waals surface area contributed by atoms with E-state index in [0.717, 1.165) is 11.4 Å². The molecule has 0 unspecified atom stereocenters. The number of ether oxygens (including phenoxy) is 1.